The van der Waals surface area contributed by atoms with Crippen LogP contribution in [0.4, 0.5) is 0 Å². The highest BCUT2D eigenvalue weighted by molar-refractivity contribution is 9.10. The van der Waals surface area contributed by atoms with Gasteiger partial charge in [0, 0.05) is 17.1 Å². The Morgan fingerprint density at radius 3 is 2.65 bits per heavy atom. The zero-order valence-electron chi connectivity index (χ0n) is 10.2. The topological polar surface area (TPSA) is 38.3 Å². The third-order valence-electron chi connectivity index (χ3n) is 2.45. The maximum absolute atomic E-state index is 11.1. The maximum atomic E-state index is 11.1. The quantitative estimate of drug-likeness (QED) is 0.821. The van der Waals surface area contributed by atoms with Crippen molar-refractivity contribution in [3.63, 3.8) is 0 Å². The van der Waals surface area contributed by atoms with Gasteiger partial charge in [-0.1, -0.05) is 28.1 Å². The Bertz CT molecular complexity index is 351. The van der Waals surface area contributed by atoms with Gasteiger partial charge in [0.15, 0.2) is 0 Å². The molecule has 3 nitrogen and oxygen atoms in total. The molecule has 94 valence electrons. The summed E-state index contributed by atoms with van der Waals surface area (Å²) in [7, 11) is 0. The van der Waals surface area contributed by atoms with Crippen molar-refractivity contribution in [3.8, 4) is 0 Å². The molecule has 0 heterocycles. The molecule has 0 saturated heterocycles. The second-order valence-electron chi connectivity index (χ2n) is 3.78. The fourth-order valence-electron chi connectivity index (χ4n) is 1.49. The highest BCUT2D eigenvalue weighted by Crippen LogP contribution is 2.16. The number of esters is 1. The summed E-state index contributed by atoms with van der Waals surface area (Å²) in [5.74, 6) is -0.150. The molecule has 0 unspecified atom stereocenters. The Kier molecular flexibility index (Phi) is 6.22. The van der Waals surface area contributed by atoms with E-state index in [1.807, 2.05) is 19.1 Å². The number of benzene rings is 1. The number of nitrogens with one attached hydrogen (secondary N) is 1. The normalized spacial score (nSPS) is 12.2. The van der Waals surface area contributed by atoms with Gasteiger partial charge in [-0.25, -0.2) is 0 Å². The fourth-order valence-corrected chi connectivity index (χ4v) is 1.76. The molecule has 0 radical (unpaired) electrons. The van der Waals surface area contributed by atoms with Gasteiger partial charge in [0.25, 0.3) is 0 Å². The molecule has 0 fully saturated rings. The van der Waals surface area contributed by atoms with Crippen LogP contribution in [0.25, 0.3) is 0 Å². The molecule has 0 aliphatic rings. The minimum absolute atomic E-state index is 0.150. The Morgan fingerprint density at radius 2 is 2.06 bits per heavy atom. The predicted octanol–water partition coefficient (Wildman–Crippen LogP) is 3.05. The molecular weight excluding hydrogens is 282 g/mol. The average molecular weight is 300 g/mol. The Hall–Kier alpha value is -0.870. The molecule has 4 heteroatoms. The van der Waals surface area contributed by atoms with Crippen LogP contribution in [0.5, 0.6) is 0 Å². The van der Waals surface area contributed by atoms with Crippen molar-refractivity contribution in [2.75, 3.05) is 13.2 Å². The summed E-state index contributed by atoms with van der Waals surface area (Å²) in [5.41, 5.74) is 1.21. The molecule has 0 bridgehead atoms. The molecule has 1 rings (SSSR count). The van der Waals surface area contributed by atoms with Gasteiger partial charge in [-0.05, 0) is 31.5 Å². The van der Waals surface area contributed by atoms with E-state index in [0.29, 0.717) is 19.6 Å². The monoisotopic (exact) mass is 299 g/mol. The third-order valence-corrected chi connectivity index (χ3v) is 2.98. The van der Waals surface area contributed by atoms with Crippen molar-refractivity contribution < 1.29 is 9.53 Å². The SMILES string of the molecule is CCOC(=O)CCN[C@H](C)c1ccc(Br)cc1. The van der Waals surface area contributed by atoms with Crippen molar-refractivity contribution in [2.45, 2.75) is 26.3 Å². The van der Waals surface area contributed by atoms with E-state index in [-0.39, 0.29) is 12.0 Å². The summed E-state index contributed by atoms with van der Waals surface area (Å²) in [6, 6.07) is 8.38. The molecule has 1 atom stereocenters. The average Bonchev–Trinajstić information content (AvgIpc) is 2.30. The van der Waals surface area contributed by atoms with Gasteiger partial charge in [-0.3, -0.25) is 4.79 Å². The lowest BCUT2D eigenvalue weighted by Crippen LogP contribution is -2.22. The third kappa shape index (κ3) is 5.33. The van der Waals surface area contributed by atoms with Crippen molar-refractivity contribution in [2.24, 2.45) is 0 Å². The summed E-state index contributed by atoms with van der Waals surface area (Å²) in [4.78, 5) is 11.1. The molecular formula is C13H18BrNO2. The molecule has 0 aromatic heterocycles. The summed E-state index contributed by atoms with van der Waals surface area (Å²) < 4.78 is 5.93. The number of halogens is 1. The molecule has 1 N–H and O–H groups in total. The van der Waals surface area contributed by atoms with Crippen LogP contribution in [0.1, 0.15) is 31.9 Å². The van der Waals surface area contributed by atoms with Crippen LogP contribution in [-0.2, 0) is 9.53 Å². The molecule has 0 spiro atoms. The standard InChI is InChI=1S/C13H18BrNO2/c1-3-17-13(16)8-9-15-10(2)11-4-6-12(14)7-5-11/h4-7,10,15H,3,8-9H2,1-2H3/t10-/m1/s1. The van der Waals surface area contributed by atoms with E-state index in [2.05, 4.69) is 40.3 Å². The summed E-state index contributed by atoms with van der Waals surface area (Å²) in [6.07, 6.45) is 0.411. The van der Waals surface area contributed by atoms with Gasteiger partial charge < -0.3 is 10.1 Å². The van der Waals surface area contributed by atoms with E-state index in [1.54, 1.807) is 0 Å². The van der Waals surface area contributed by atoms with Crippen LogP contribution in [0, 0.1) is 0 Å². The Morgan fingerprint density at radius 1 is 1.41 bits per heavy atom. The summed E-state index contributed by atoms with van der Waals surface area (Å²) in [6.45, 7) is 4.97. The van der Waals surface area contributed by atoms with Gasteiger partial charge in [0.2, 0.25) is 0 Å². The minimum atomic E-state index is -0.150. The first kappa shape index (κ1) is 14.2. The lowest BCUT2D eigenvalue weighted by atomic mass is 10.1. The molecule has 0 amide bonds. The van der Waals surface area contributed by atoms with Crippen LogP contribution >= 0.6 is 15.9 Å². The Labute approximate surface area is 111 Å². The first-order valence-electron chi connectivity index (χ1n) is 5.78. The zero-order chi connectivity index (χ0) is 12.7. The van der Waals surface area contributed by atoms with Crippen molar-refractivity contribution >= 4 is 21.9 Å². The van der Waals surface area contributed by atoms with Gasteiger partial charge in [0.1, 0.15) is 0 Å². The van der Waals surface area contributed by atoms with E-state index in [1.165, 1.54) is 5.56 Å². The maximum Gasteiger partial charge on any atom is 0.307 e. The number of ether oxygens (including phenoxy) is 1. The zero-order valence-corrected chi connectivity index (χ0v) is 11.8. The van der Waals surface area contributed by atoms with Crippen molar-refractivity contribution in [1.29, 1.82) is 0 Å². The van der Waals surface area contributed by atoms with Gasteiger partial charge >= 0.3 is 5.97 Å². The van der Waals surface area contributed by atoms with E-state index in [4.69, 9.17) is 4.74 Å². The van der Waals surface area contributed by atoms with Crippen LogP contribution in [-0.4, -0.2) is 19.1 Å². The number of carbonyl (C=O) groups is 1. The van der Waals surface area contributed by atoms with Crippen LogP contribution in [0.3, 0.4) is 0 Å². The highest BCUT2D eigenvalue weighted by Gasteiger charge is 2.06. The number of rotatable bonds is 6. The van der Waals surface area contributed by atoms with Crippen LogP contribution < -0.4 is 5.32 Å². The number of carbonyl (C=O) groups excluding carboxylic acids is 1. The molecule has 17 heavy (non-hydrogen) atoms. The number of hydrogen-bond donors (Lipinski definition) is 1. The van der Waals surface area contributed by atoms with Gasteiger partial charge in [-0.15, -0.1) is 0 Å². The lowest BCUT2D eigenvalue weighted by Gasteiger charge is -2.13. The fraction of sp³-hybridized carbons (Fsp3) is 0.462. The molecule has 0 aliphatic heterocycles. The largest absolute Gasteiger partial charge is 0.466 e. The van der Waals surface area contributed by atoms with E-state index >= 15 is 0 Å². The second-order valence-corrected chi connectivity index (χ2v) is 4.70. The first-order chi connectivity index (χ1) is 8.13. The van der Waals surface area contributed by atoms with E-state index in [0.717, 1.165) is 4.47 Å². The number of hydrogen-bond acceptors (Lipinski definition) is 3. The van der Waals surface area contributed by atoms with E-state index in [9.17, 15) is 4.79 Å². The Balaban J connectivity index is 2.32. The van der Waals surface area contributed by atoms with Gasteiger partial charge in [0.05, 0.1) is 13.0 Å². The predicted molar refractivity (Wildman–Crippen MR) is 71.8 cm³/mol. The second kappa shape index (κ2) is 7.45. The smallest absolute Gasteiger partial charge is 0.307 e. The summed E-state index contributed by atoms with van der Waals surface area (Å²) in [5, 5.41) is 3.29. The molecule has 1 aromatic rings. The molecule has 0 saturated carbocycles. The summed E-state index contributed by atoms with van der Waals surface area (Å²) >= 11 is 3.40. The van der Waals surface area contributed by atoms with Crippen LogP contribution in [0.2, 0.25) is 0 Å². The minimum Gasteiger partial charge on any atom is -0.466 e. The van der Waals surface area contributed by atoms with Crippen molar-refractivity contribution in [1.82, 2.24) is 5.32 Å². The highest BCUT2D eigenvalue weighted by atomic mass is 79.9. The van der Waals surface area contributed by atoms with Crippen LogP contribution in [0.15, 0.2) is 28.7 Å². The molecule has 0 aliphatic carbocycles. The lowest BCUT2D eigenvalue weighted by molar-refractivity contribution is -0.143. The molecule has 1 aromatic carbocycles. The van der Waals surface area contributed by atoms with Crippen molar-refractivity contribution in [3.05, 3.63) is 34.3 Å². The van der Waals surface area contributed by atoms with Gasteiger partial charge in [-0.2, -0.15) is 0 Å². The first-order valence-corrected chi connectivity index (χ1v) is 6.57. The van der Waals surface area contributed by atoms with E-state index < -0.39 is 0 Å².